The van der Waals surface area contributed by atoms with Crippen LogP contribution in [-0.4, -0.2) is 9.74 Å². The Morgan fingerprint density at radius 3 is 1.65 bits per heavy atom. The van der Waals surface area contributed by atoms with E-state index in [9.17, 15) is 4.79 Å². The minimum Gasteiger partial charge on any atom is -0.350 e. The van der Waals surface area contributed by atoms with Crippen LogP contribution < -0.4 is 5.73 Å². The number of hydrogen-bond donors (Lipinski definition) is 1. The maximum Gasteiger partial charge on any atom is 0.335 e. The monoisotopic (exact) mass is 304 g/mol. The van der Waals surface area contributed by atoms with Crippen LogP contribution in [0, 0.1) is 13.8 Å². The molecule has 0 aromatic heterocycles. The van der Waals surface area contributed by atoms with Crippen LogP contribution >= 0.6 is 23.9 Å². The van der Waals surface area contributed by atoms with E-state index in [-0.39, 0.29) is 0 Å². The molecule has 0 heterocycles. The highest BCUT2D eigenvalue weighted by molar-refractivity contribution is 8.12. The molecule has 2 aromatic carbocycles. The molecule has 20 heavy (non-hydrogen) atoms. The van der Waals surface area contributed by atoms with Crippen LogP contribution in [0.3, 0.4) is 0 Å². The second-order valence-corrected chi connectivity index (χ2v) is 6.52. The number of primary amides is 1. The standard InChI is InChI=1S/C15H16N2OS2/c1-11-7-3-5-9-13(11)19-17(15(16)18)20-14-10-6-4-8-12(14)2/h3-10H,1-2H3,(H2,16,18). The number of urea groups is 1. The van der Waals surface area contributed by atoms with Crippen LogP contribution in [0.25, 0.3) is 0 Å². The summed E-state index contributed by atoms with van der Waals surface area (Å²) in [6, 6.07) is 15.4. The van der Waals surface area contributed by atoms with Crippen molar-refractivity contribution in [2.45, 2.75) is 23.6 Å². The van der Waals surface area contributed by atoms with Crippen molar-refractivity contribution in [3.05, 3.63) is 59.7 Å². The van der Waals surface area contributed by atoms with Gasteiger partial charge in [-0.05, 0) is 37.1 Å². The third kappa shape index (κ3) is 3.71. The van der Waals surface area contributed by atoms with E-state index in [0.29, 0.717) is 0 Å². The summed E-state index contributed by atoms with van der Waals surface area (Å²) in [5, 5.41) is 0. The van der Waals surface area contributed by atoms with Gasteiger partial charge >= 0.3 is 6.03 Å². The molecular weight excluding hydrogens is 288 g/mol. The fourth-order valence-corrected chi connectivity index (χ4v) is 3.48. The van der Waals surface area contributed by atoms with E-state index in [4.69, 9.17) is 5.73 Å². The van der Waals surface area contributed by atoms with Gasteiger partial charge in [0, 0.05) is 33.7 Å². The average Bonchev–Trinajstić information content (AvgIpc) is 2.42. The number of rotatable bonds is 4. The molecule has 0 atom stereocenters. The number of amides is 2. The lowest BCUT2D eigenvalue weighted by Crippen LogP contribution is -2.24. The molecule has 2 N–H and O–H groups in total. The van der Waals surface area contributed by atoms with Crippen LogP contribution in [0.15, 0.2) is 58.3 Å². The van der Waals surface area contributed by atoms with E-state index in [1.54, 1.807) is 0 Å². The second-order valence-electron chi connectivity index (χ2n) is 4.31. The molecule has 2 aromatic rings. The first-order chi connectivity index (χ1) is 9.58. The van der Waals surface area contributed by atoms with Crippen LogP contribution in [0.2, 0.25) is 0 Å². The molecule has 0 unspecified atom stereocenters. The maximum absolute atomic E-state index is 11.6. The summed E-state index contributed by atoms with van der Waals surface area (Å²) in [4.78, 5) is 13.7. The summed E-state index contributed by atoms with van der Waals surface area (Å²) in [6.07, 6.45) is 0. The maximum atomic E-state index is 11.6. The van der Waals surface area contributed by atoms with Gasteiger partial charge in [-0.2, -0.15) is 3.71 Å². The first-order valence-electron chi connectivity index (χ1n) is 6.14. The Balaban J connectivity index is 2.19. The van der Waals surface area contributed by atoms with E-state index < -0.39 is 6.03 Å². The van der Waals surface area contributed by atoms with E-state index >= 15 is 0 Å². The number of carbonyl (C=O) groups is 1. The lowest BCUT2D eigenvalue weighted by molar-refractivity contribution is 0.246. The summed E-state index contributed by atoms with van der Waals surface area (Å²) in [5.74, 6) is 0. The van der Waals surface area contributed by atoms with Crippen LogP contribution in [-0.2, 0) is 0 Å². The Morgan fingerprint density at radius 2 is 1.30 bits per heavy atom. The topological polar surface area (TPSA) is 46.3 Å². The van der Waals surface area contributed by atoms with Gasteiger partial charge in [-0.15, -0.1) is 0 Å². The van der Waals surface area contributed by atoms with Crippen molar-refractivity contribution in [2.24, 2.45) is 5.73 Å². The van der Waals surface area contributed by atoms with Gasteiger partial charge in [-0.1, -0.05) is 36.4 Å². The highest BCUT2D eigenvalue weighted by Crippen LogP contribution is 2.36. The third-order valence-electron chi connectivity index (χ3n) is 2.73. The molecule has 0 saturated carbocycles. The predicted molar refractivity (Wildman–Crippen MR) is 85.5 cm³/mol. The zero-order chi connectivity index (χ0) is 14.5. The summed E-state index contributed by atoms with van der Waals surface area (Å²) in [5.41, 5.74) is 7.72. The first kappa shape index (κ1) is 14.8. The number of carbonyl (C=O) groups excluding carboxylic acids is 1. The molecule has 0 aliphatic rings. The van der Waals surface area contributed by atoms with Crippen molar-refractivity contribution >= 4 is 29.9 Å². The lowest BCUT2D eigenvalue weighted by atomic mass is 10.2. The second kappa shape index (κ2) is 6.72. The van der Waals surface area contributed by atoms with Gasteiger partial charge in [0.05, 0.1) is 0 Å². The predicted octanol–water partition coefficient (Wildman–Crippen LogP) is 4.40. The van der Waals surface area contributed by atoms with E-state index in [1.165, 1.54) is 27.6 Å². The highest BCUT2D eigenvalue weighted by atomic mass is 32.2. The fraction of sp³-hybridized carbons (Fsp3) is 0.133. The van der Waals surface area contributed by atoms with Crippen LogP contribution in [0.5, 0.6) is 0 Å². The molecule has 0 aliphatic carbocycles. The van der Waals surface area contributed by atoms with Crippen molar-refractivity contribution in [1.82, 2.24) is 3.71 Å². The third-order valence-corrected chi connectivity index (χ3v) is 5.18. The first-order valence-corrected chi connectivity index (χ1v) is 7.69. The largest absolute Gasteiger partial charge is 0.350 e. The van der Waals surface area contributed by atoms with Gasteiger partial charge < -0.3 is 5.73 Å². The van der Waals surface area contributed by atoms with Crippen molar-refractivity contribution < 1.29 is 4.79 Å². The number of nitrogens with zero attached hydrogens (tertiary/aromatic N) is 1. The minimum absolute atomic E-state index is 0.466. The van der Waals surface area contributed by atoms with Gasteiger partial charge in [-0.25, -0.2) is 4.79 Å². The lowest BCUT2D eigenvalue weighted by Gasteiger charge is -2.19. The number of benzene rings is 2. The van der Waals surface area contributed by atoms with Crippen molar-refractivity contribution in [2.75, 3.05) is 0 Å². The van der Waals surface area contributed by atoms with E-state index in [2.05, 4.69) is 0 Å². The zero-order valence-corrected chi connectivity index (χ0v) is 13.0. The number of aryl methyl sites for hydroxylation is 2. The highest BCUT2D eigenvalue weighted by Gasteiger charge is 2.15. The van der Waals surface area contributed by atoms with Gasteiger partial charge in [0.2, 0.25) is 0 Å². The quantitative estimate of drug-likeness (QED) is 0.852. The fourth-order valence-electron chi connectivity index (χ4n) is 1.60. The Labute approximate surface area is 127 Å². The molecular formula is C15H16N2OS2. The zero-order valence-electron chi connectivity index (χ0n) is 11.4. The molecule has 0 bridgehead atoms. The molecule has 2 rings (SSSR count). The van der Waals surface area contributed by atoms with E-state index in [0.717, 1.165) is 20.9 Å². The Hall–Kier alpha value is -1.59. The number of hydrogen-bond acceptors (Lipinski definition) is 3. The summed E-state index contributed by atoms with van der Waals surface area (Å²) in [6.45, 7) is 4.03. The summed E-state index contributed by atoms with van der Waals surface area (Å²) in [7, 11) is 0. The Kier molecular flexibility index (Phi) is 4.98. The SMILES string of the molecule is Cc1ccccc1SN(Sc1ccccc1C)C(N)=O. The minimum atomic E-state index is -0.466. The molecule has 0 spiro atoms. The Morgan fingerprint density at radius 1 is 0.900 bits per heavy atom. The molecule has 0 aliphatic heterocycles. The molecule has 0 radical (unpaired) electrons. The molecule has 5 heteroatoms. The van der Waals surface area contributed by atoms with Crippen LogP contribution in [0.4, 0.5) is 4.79 Å². The molecule has 104 valence electrons. The van der Waals surface area contributed by atoms with Gasteiger partial charge in [0.15, 0.2) is 0 Å². The molecule has 0 fully saturated rings. The normalized spacial score (nSPS) is 10.3. The molecule has 2 amide bonds. The van der Waals surface area contributed by atoms with Gasteiger partial charge in [0.1, 0.15) is 0 Å². The Bertz CT molecular complexity index is 569. The average molecular weight is 304 g/mol. The van der Waals surface area contributed by atoms with Crippen molar-refractivity contribution in [3.63, 3.8) is 0 Å². The molecule has 0 saturated heterocycles. The van der Waals surface area contributed by atoms with E-state index in [1.807, 2.05) is 62.4 Å². The van der Waals surface area contributed by atoms with Gasteiger partial charge in [0.25, 0.3) is 0 Å². The van der Waals surface area contributed by atoms with Crippen molar-refractivity contribution in [3.8, 4) is 0 Å². The summed E-state index contributed by atoms with van der Waals surface area (Å²) < 4.78 is 1.50. The number of nitrogens with two attached hydrogens (primary N) is 1. The van der Waals surface area contributed by atoms with Gasteiger partial charge in [-0.3, -0.25) is 0 Å². The molecule has 3 nitrogen and oxygen atoms in total. The smallest absolute Gasteiger partial charge is 0.335 e. The summed E-state index contributed by atoms with van der Waals surface area (Å²) >= 11 is 2.70. The van der Waals surface area contributed by atoms with Crippen molar-refractivity contribution in [1.29, 1.82) is 0 Å². The van der Waals surface area contributed by atoms with Crippen LogP contribution in [0.1, 0.15) is 11.1 Å².